The minimum Gasteiger partial charge on any atom is -0.354 e. The van der Waals surface area contributed by atoms with Crippen LogP contribution in [0.4, 0.5) is 0 Å². The Bertz CT molecular complexity index is 812. The highest BCUT2D eigenvalue weighted by Crippen LogP contribution is 2.16. The molecule has 0 aliphatic carbocycles. The summed E-state index contributed by atoms with van der Waals surface area (Å²) < 4.78 is 0. The molecule has 2 rings (SSSR count). The maximum atomic E-state index is 13.3. The van der Waals surface area contributed by atoms with Gasteiger partial charge in [0.2, 0.25) is 11.8 Å². The molecule has 2 amide bonds. The van der Waals surface area contributed by atoms with Gasteiger partial charge in [-0.2, -0.15) is 0 Å². The number of aryl methyl sites for hydroxylation is 2. The lowest BCUT2D eigenvalue weighted by Crippen LogP contribution is -2.50. The van der Waals surface area contributed by atoms with E-state index in [9.17, 15) is 9.59 Å². The van der Waals surface area contributed by atoms with E-state index >= 15 is 0 Å². The average molecular weight is 395 g/mol. The third-order valence-corrected chi connectivity index (χ3v) is 4.98. The summed E-state index contributed by atoms with van der Waals surface area (Å²) >= 11 is 0. The summed E-state index contributed by atoms with van der Waals surface area (Å²) in [5.74, 6) is 0.263. The Labute approximate surface area is 175 Å². The Morgan fingerprint density at radius 3 is 2.24 bits per heavy atom. The van der Waals surface area contributed by atoms with Gasteiger partial charge in [-0.1, -0.05) is 80.4 Å². The Balaban J connectivity index is 2.25. The van der Waals surface area contributed by atoms with E-state index in [-0.39, 0.29) is 11.8 Å². The van der Waals surface area contributed by atoms with Crippen molar-refractivity contribution >= 4 is 11.8 Å². The smallest absolute Gasteiger partial charge is 0.242 e. The third-order valence-electron chi connectivity index (χ3n) is 4.98. The van der Waals surface area contributed by atoms with E-state index in [2.05, 4.69) is 19.2 Å². The average Bonchev–Trinajstić information content (AvgIpc) is 2.67. The number of hydrogen-bond acceptors (Lipinski definition) is 2. The van der Waals surface area contributed by atoms with Crippen LogP contribution in [-0.4, -0.2) is 29.3 Å². The third kappa shape index (κ3) is 7.04. The van der Waals surface area contributed by atoms with Crippen LogP contribution in [0.15, 0.2) is 48.5 Å². The van der Waals surface area contributed by atoms with Gasteiger partial charge in [-0.05, 0) is 37.3 Å². The fourth-order valence-electron chi connectivity index (χ4n) is 3.33. The minimum atomic E-state index is -0.479. The fourth-order valence-corrected chi connectivity index (χ4v) is 3.33. The van der Waals surface area contributed by atoms with E-state index in [1.807, 2.05) is 69.3 Å². The van der Waals surface area contributed by atoms with Crippen LogP contribution in [0.25, 0.3) is 0 Å². The molecule has 2 aromatic rings. The molecule has 2 aromatic carbocycles. The molecule has 0 saturated carbocycles. The number of rotatable bonds is 9. The maximum absolute atomic E-state index is 13.3. The van der Waals surface area contributed by atoms with Crippen LogP contribution in [0.2, 0.25) is 0 Å². The van der Waals surface area contributed by atoms with Gasteiger partial charge in [0, 0.05) is 13.1 Å². The van der Waals surface area contributed by atoms with Gasteiger partial charge >= 0.3 is 0 Å². The molecule has 0 heterocycles. The summed E-state index contributed by atoms with van der Waals surface area (Å²) in [4.78, 5) is 27.9. The van der Waals surface area contributed by atoms with E-state index in [0.29, 0.717) is 31.8 Å². The number of carbonyl (C=O) groups excluding carboxylic acids is 2. The number of hydrogen-bond donors (Lipinski definition) is 1. The molecule has 29 heavy (non-hydrogen) atoms. The molecule has 0 fully saturated rings. The van der Waals surface area contributed by atoms with Crippen LogP contribution in [0, 0.1) is 19.8 Å². The normalized spacial score (nSPS) is 11.9. The van der Waals surface area contributed by atoms with Gasteiger partial charge in [-0.25, -0.2) is 0 Å². The summed E-state index contributed by atoms with van der Waals surface area (Å²) in [6.07, 6.45) is 0.872. The molecule has 0 unspecified atom stereocenters. The molecule has 0 aliphatic rings. The number of nitrogens with zero attached hydrogens (tertiary/aromatic N) is 1. The van der Waals surface area contributed by atoms with Crippen molar-refractivity contribution in [3.8, 4) is 0 Å². The highest BCUT2D eigenvalue weighted by molar-refractivity contribution is 5.88. The zero-order chi connectivity index (χ0) is 21.4. The zero-order valence-corrected chi connectivity index (χ0v) is 18.4. The van der Waals surface area contributed by atoms with E-state index in [1.54, 1.807) is 4.90 Å². The molecule has 156 valence electrons. The molecule has 4 heteroatoms. The second kappa shape index (κ2) is 10.8. The van der Waals surface area contributed by atoms with Crippen molar-refractivity contribution in [3.05, 3.63) is 70.8 Å². The second-order valence-corrected chi connectivity index (χ2v) is 8.24. The van der Waals surface area contributed by atoms with Crippen molar-refractivity contribution in [2.45, 2.75) is 60.0 Å². The van der Waals surface area contributed by atoms with Crippen molar-refractivity contribution in [1.29, 1.82) is 0 Å². The molecule has 0 aliphatic heterocycles. The van der Waals surface area contributed by atoms with Crippen molar-refractivity contribution in [2.75, 3.05) is 6.54 Å². The molecule has 0 radical (unpaired) electrons. The molecule has 0 aromatic heterocycles. The Hall–Kier alpha value is -2.62. The standard InChI is InChI=1S/C25H34N2O2/c1-6-23(25(29)26-16-18(2)3)27(17-21-12-10-19(4)11-13-21)24(28)15-22-9-7-8-20(5)14-22/h7-14,18,23H,6,15-17H2,1-5H3,(H,26,29)/t23-/m1/s1. The second-order valence-electron chi connectivity index (χ2n) is 8.24. The summed E-state index contributed by atoms with van der Waals surface area (Å²) in [6.45, 7) is 11.2. The van der Waals surface area contributed by atoms with Crippen molar-refractivity contribution < 1.29 is 9.59 Å². The molecule has 1 N–H and O–H groups in total. The molecule has 0 saturated heterocycles. The van der Waals surface area contributed by atoms with Gasteiger partial charge in [0.05, 0.1) is 6.42 Å². The monoisotopic (exact) mass is 394 g/mol. The number of benzene rings is 2. The first-order chi connectivity index (χ1) is 13.8. The lowest BCUT2D eigenvalue weighted by atomic mass is 10.0. The predicted octanol–water partition coefficient (Wildman–Crippen LogP) is 4.43. The number of carbonyl (C=O) groups is 2. The quantitative estimate of drug-likeness (QED) is 0.684. The lowest BCUT2D eigenvalue weighted by Gasteiger charge is -2.31. The number of nitrogens with one attached hydrogen (secondary N) is 1. The molecule has 1 atom stereocenters. The largest absolute Gasteiger partial charge is 0.354 e. The summed E-state index contributed by atoms with van der Waals surface area (Å²) in [7, 11) is 0. The van der Waals surface area contributed by atoms with Gasteiger partial charge in [0.15, 0.2) is 0 Å². The first kappa shape index (κ1) is 22.7. The highest BCUT2D eigenvalue weighted by Gasteiger charge is 2.28. The molecule has 0 bridgehead atoms. The highest BCUT2D eigenvalue weighted by atomic mass is 16.2. The number of amides is 2. The molecule has 0 spiro atoms. The summed E-state index contributed by atoms with van der Waals surface area (Å²) in [6, 6.07) is 15.6. The van der Waals surface area contributed by atoms with E-state index in [4.69, 9.17) is 0 Å². The van der Waals surface area contributed by atoms with Crippen LogP contribution < -0.4 is 5.32 Å². The minimum absolute atomic E-state index is 0.0253. The summed E-state index contributed by atoms with van der Waals surface area (Å²) in [5, 5.41) is 3.00. The molecular formula is C25H34N2O2. The van der Waals surface area contributed by atoms with Gasteiger partial charge in [-0.3, -0.25) is 9.59 Å². The first-order valence-electron chi connectivity index (χ1n) is 10.5. The molecule has 4 nitrogen and oxygen atoms in total. The van der Waals surface area contributed by atoms with Crippen molar-refractivity contribution in [3.63, 3.8) is 0 Å². The zero-order valence-electron chi connectivity index (χ0n) is 18.4. The van der Waals surface area contributed by atoms with Gasteiger partial charge < -0.3 is 10.2 Å². The van der Waals surface area contributed by atoms with Crippen LogP contribution in [0.1, 0.15) is 49.4 Å². The molecular weight excluding hydrogens is 360 g/mol. The van der Waals surface area contributed by atoms with Crippen LogP contribution >= 0.6 is 0 Å². The van der Waals surface area contributed by atoms with Gasteiger partial charge in [0.25, 0.3) is 0 Å². The van der Waals surface area contributed by atoms with Gasteiger partial charge in [0.1, 0.15) is 6.04 Å². The van der Waals surface area contributed by atoms with Crippen LogP contribution in [0.5, 0.6) is 0 Å². The summed E-state index contributed by atoms with van der Waals surface area (Å²) in [5.41, 5.74) is 4.31. The predicted molar refractivity (Wildman–Crippen MR) is 119 cm³/mol. The first-order valence-corrected chi connectivity index (χ1v) is 10.5. The van der Waals surface area contributed by atoms with Crippen LogP contribution in [0.3, 0.4) is 0 Å². The van der Waals surface area contributed by atoms with E-state index < -0.39 is 6.04 Å². The van der Waals surface area contributed by atoms with Crippen molar-refractivity contribution in [2.24, 2.45) is 5.92 Å². The Kier molecular flexibility index (Phi) is 8.44. The fraction of sp³-hybridized carbons (Fsp3) is 0.440. The lowest BCUT2D eigenvalue weighted by molar-refractivity contribution is -0.141. The van der Waals surface area contributed by atoms with Gasteiger partial charge in [-0.15, -0.1) is 0 Å². The van der Waals surface area contributed by atoms with Crippen LogP contribution in [-0.2, 0) is 22.6 Å². The topological polar surface area (TPSA) is 49.4 Å². The van der Waals surface area contributed by atoms with E-state index in [1.165, 1.54) is 5.56 Å². The SMILES string of the molecule is CC[C@H](C(=O)NCC(C)C)N(Cc1ccc(C)cc1)C(=O)Cc1cccc(C)c1. The van der Waals surface area contributed by atoms with Crippen molar-refractivity contribution in [1.82, 2.24) is 10.2 Å². The maximum Gasteiger partial charge on any atom is 0.242 e. The Morgan fingerprint density at radius 2 is 1.66 bits per heavy atom. The van der Waals surface area contributed by atoms with E-state index in [0.717, 1.165) is 16.7 Å². The Morgan fingerprint density at radius 1 is 0.966 bits per heavy atom.